The molecule has 98 valence electrons. The molecule has 1 aromatic rings. The third-order valence-electron chi connectivity index (χ3n) is 3.13. The van der Waals surface area contributed by atoms with Crippen LogP contribution in [-0.2, 0) is 4.79 Å². The number of rotatable bonds is 3. The highest BCUT2D eigenvalue weighted by molar-refractivity contribution is 9.10. The number of thioether (sulfide) groups is 1. The predicted octanol–water partition coefficient (Wildman–Crippen LogP) is 3.62. The molecule has 0 unspecified atom stereocenters. The van der Waals surface area contributed by atoms with Crippen molar-refractivity contribution in [2.45, 2.75) is 26.2 Å². The molecule has 5 heteroatoms. The fourth-order valence-corrected chi connectivity index (χ4v) is 3.44. The molecule has 1 fully saturated rings. The molecule has 1 aliphatic heterocycles. The molecule has 0 saturated carbocycles. The summed E-state index contributed by atoms with van der Waals surface area (Å²) in [6.45, 7) is 1.99. The van der Waals surface area contributed by atoms with Crippen molar-refractivity contribution in [3.8, 4) is 0 Å². The number of pyridine rings is 1. The van der Waals surface area contributed by atoms with Crippen LogP contribution in [-0.4, -0.2) is 22.4 Å². The molecular formula is C13H17BrN2OS. The molecule has 18 heavy (non-hydrogen) atoms. The Hall–Kier alpha value is -0.550. The second-order valence-electron chi connectivity index (χ2n) is 4.63. The van der Waals surface area contributed by atoms with Gasteiger partial charge in [-0.3, -0.25) is 4.79 Å². The standard InChI is InChI=1S/C13H17BrN2OS/c1-9-6-12(15-8-11(9)14)16-13(17)7-10-2-4-18-5-3-10/h6,8,10H,2-5,7H2,1H3,(H,15,16,17). The van der Waals surface area contributed by atoms with Crippen LogP contribution in [0.3, 0.4) is 0 Å². The number of carbonyl (C=O) groups is 1. The van der Waals surface area contributed by atoms with Crippen molar-refractivity contribution in [2.75, 3.05) is 16.8 Å². The lowest BCUT2D eigenvalue weighted by Gasteiger charge is -2.20. The molecule has 1 aromatic heterocycles. The third-order valence-corrected chi connectivity index (χ3v) is 5.01. The van der Waals surface area contributed by atoms with Gasteiger partial charge in [-0.25, -0.2) is 4.98 Å². The number of amides is 1. The van der Waals surface area contributed by atoms with E-state index in [0.717, 1.165) is 22.9 Å². The van der Waals surface area contributed by atoms with Crippen molar-refractivity contribution >= 4 is 39.4 Å². The molecule has 1 aliphatic rings. The predicted molar refractivity (Wildman–Crippen MR) is 80.0 cm³/mol. The summed E-state index contributed by atoms with van der Waals surface area (Å²) >= 11 is 5.38. The molecule has 3 nitrogen and oxygen atoms in total. The van der Waals surface area contributed by atoms with Crippen molar-refractivity contribution < 1.29 is 4.79 Å². The summed E-state index contributed by atoms with van der Waals surface area (Å²) in [6.07, 6.45) is 4.66. The summed E-state index contributed by atoms with van der Waals surface area (Å²) in [5.41, 5.74) is 1.08. The van der Waals surface area contributed by atoms with Gasteiger partial charge in [0.2, 0.25) is 5.91 Å². The zero-order chi connectivity index (χ0) is 13.0. The van der Waals surface area contributed by atoms with Crippen molar-refractivity contribution in [2.24, 2.45) is 5.92 Å². The molecule has 0 atom stereocenters. The average Bonchev–Trinajstić information content (AvgIpc) is 2.35. The van der Waals surface area contributed by atoms with Crippen molar-refractivity contribution in [1.29, 1.82) is 0 Å². The summed E-state index contributed by atoms with van der Waals surface area (Å²) in [4.78, 5) is 16.1. The summed E-state index contributed by atoms with van der Waals surface area (Å²) in [5, 5.41) is 2.88. The lowest BCUT2D eigenvalue weighted by Crippen LogP contribution is -2.20. The Morgan fingerprint density at radius 1 is 1.56 bits per heavy atom. The van der Waals surface area contributed by atoms with Crippen LogP contribution in [0.25, 0.3) is 0 Å². The molecule has 0 radical (unpaired) electrons. The zero-order valence-corrected chi connectivity index (χ0v) is 12.8. The molecule has 2 rings (SSSR count). The Morgan fingerprint density at radius 3 is 2.94 bits per heavy atom. The van der Waals surface area contributed by atoms with E-state index in [9.17, 15) is 4.79 Å². The highest BCUT2D eigenvalue weighted by Crippen LogP contribution is 2.25. The first-order chi connectivity index (χ1) is 8.65. The Balaban J connectivity index is 1.88. The number of aryl methyl sites for hydroxylation is 1. The second kappa shape index (κ2) is 6.57. The maximum absolute atomic E-state index is 11.9. The van der Waals surface area contributed by atoms with Gasteiger partial charge in [0.1, 0.15) is 5.82 Å². The van der Waals surface area contributed by atoms with Gasteiger partial charge in [-0.05, 0) is 64.7 Å². The Labute approximate surface area is 120 Å². The monoisotopic (exact) mass is 328 g/mol. The molecule has 0 aromatic carbocycles. The van der Waals surface area contributed by atoms with Crippen molar-refractivity contribution in [3.63, 3.8) is 0 Å². The molecule has 2 heterocycles. The van der Waals surface area contributed by atoms with Crippen molar-refractivity contribution in [1.82, 2.24) is 4.98 Å². The van der Waals surface area contributed by atoms with E-state index in [2.05, 4.69) is 26.2 Å². The van der Waals surface area contributed by atoms with Gasteiger partial charge in [0.25, 0.3) is 0 Å². The number of hydrogen-bond acceptors (Lipinski definition) is 3. The van der Waals surface area contributed by atoms with E-state index in [-0.39, 0.29) is 5.91 Å². The summed E-state index contributed by atoms with van der Waals surface area (Å²) in [5.74, 6) is 3.65. The number of nitrogens with one attached hydrogen (secondary N) is 1. The number of carbonyl (C=O) groups excluding carboxylic acids is 1. The molecule has 0 spiro atoms. The molecule has 1 amide bonds. The zero-order valence-electron chi connectivity index (χ0n) is 10.4. The van der Waals surface area contributed by atoms with Crippen LogP contribution < -0.4 is 5.32 Å². The quantitative estimate of drug-likeness (QED) is 0.921. The van der Waals surface area contributed by atoms with E-state index in [1.54, 1.807) is 6.20 Å². The van der Waals surface area contributed by atoms with Gasteiger partial charge in [-0.15, -0.1) is 0 Å². The van der Waals surface area contributed by atoms with E-state index < -0.39 is 0 Å². The number of nitrogens with zero attached hydrogens (tertiary/aromatic N) is 1. The van der Waals surface area contributed by atoms with Gasteiger partial charge >= 0.3 is 0 Å². The minimum atomic E-state index is 0.0844. The normalized spacial score (nSPS) is 16.6. The van der Waals surface area contributed by atoms with E-state index in [1.165, 1.54) is 11.5 Å². The lowest BCUT2D eigenvalue weighted by atomic mass is 9.98. The molecule has 0 bridgehead atoms. The molecule has 1 N–H and O–H groups in total. The fraction of sp³-hybridized carbons (Fsp3) is 0.538. The van der Waals surface area contributed by atoms with E-state index in [1.807, 2.05) is 24.8 Å². The first-order valence-electron chi connectivity index (χ1n) is 6.15. The minimum absolute atomic E-state index is 0.0844. The SMILES string of the molecule is Cc1cc(NC(=O)CC2CCSCC2)ncc1Br. The average molecular weight is 329 g/mol. The van der Waals surface area contributed by atoms with E-state index in [4.69, 9.17) is 0 Å². The smallest absolute Gasteiger partial charge is 0.225 e. The van der Waals surface area contributed by atoms with Crippen molar-refractivity contribution in [3.05, 3.63) is 22.3 Å². The number of anilines is 1. The topological polar surface area (TPSA) is 42.0 Å². The number of aromatic nitrogens is 1. The number of halogens is 1. The van der Waals surface area contributed by atoms with Crippen LogP contribution in [0, 0.1) is 12.8 Å². The highest BCUT2D eigenvalue weighted by Gasteiger charge is 2.17. The second-order valence-corrected chi connectivity index (χ2v) is 6.71. The van der Waals surface area contributed by atoms with Crippen LogP contribution >= 0.6 is 27.7 Å². The maximum Gasteiger partial charge on any atom is 0.225 e. The van der Waals surface area contributed by atoms with E-state index >= 15 is 0 Å². The summed E-state index contributed by atoms with van der Waals surface area (Å²) in [7, 11) is 0. The largest absolute Gasteiger partial charge is 0.311 e. The fourth-order valence-electron chi connectivity index (χ4n) is 2.01. The summed E-state index contributed by atoms with van der Waals surface area (Å²) < 4.78 is 0.963. The molecular weight excluding hydrogens is 312 g/mol. The van der Waals surface area contributed by atoms with Gasteiger partial charge in [0.05, 0.1) is 0 Å². The van der Waals surface area contributed by atoms with Gasteiger partial charge in [-0.1, -0.05) is 0 Å². The molecule has 0 aliphatic carbocycles. The number of hydrogen-bond donors (Lipinski definition) is 1. The van der Waals surface area contributed by atoms with Gasteiger partial charge in [-0.2, -0.15) is 11.8 Å². The van der Waals surface area contributed by atoms with E-state index in [0.29, 0.717) is 18.2 Å². The summed E-state index contributed by atoms with van der Waals surface area (Å²) in [6, 6.07) is 1.89. The Morgan fingerprint density at radius 2 is 2.28 bits per heavy atom. The highest BCUT2D eigenvalue weighted by atomic mass is 79.9. The van der Waals surface area contributed by atoms with Gasteiger partial charge in [0.15, 0.2) is 0 Å². The van der Waals surface area contributed by atoms with Crippen LogP contribution in [0.15, 0.2) is 16.7 Å². The maximum atomic E-state index is 11.9. The van der Waals surface area contributed by atoms with Gasteiger partial charge in [0, 0.05) is 17.1 Å². The Kier molecular flexibility index (Phi) is 5.06. The van der Waals surface area contributed by atoms with Crippen LogP contribution in [0.2, 0.25) is 0 Å². The van der Waals surface area contributed by atoms with Crippen LogP contribution in [0.4, 0.5) is 5.82 Å². The lowest BCUT2D eigenvalue weighted by molar-refractivity contribution is -0.117. The first-order valence-corrected chi connectivity index (χ1v) is 8.09. The minimum Gasteiger partial charge on any atom is -0.311 e. The molecule has 1 saturated heterocycles. The van der Waals surface area contributed by atoms with Gasteiger partial charge < -0.3 is 5.32 Å². The third kappa shape index (κ3) is 3.99. The van der Waals surface area contributed by atoms with Crippen LogP contribution in [0.1, 0.15) is 24.8 Å². The van der Waals surface area contributed by atoms with Crippen LogP contribution in [0.5, 0.6) is 0 Å². The Bertz CT molecular complexity index is 433. The first kappa shape index (κ1) is 13.9.